The largest absolute Gasteiger partial charge is 0.341 e. The summed E-state index contributed by atoms with van der Waals surface area (Å²) < 4.78 is 14.3. The number of hydrogen-bond donors (Lipinski definition) is 1. The van der Waals surface area contributed by atoms with Crippen molar-refractivity contribution in [1.29, 1.82) is 0 Å². The van der Waals surface area contributed by atoms with E-state index < -0.39 is 0 Å². The number of carbonyl (C=O) groups is 1. The third-order valence-corrected chi connectivity index (χ3v) is 3.82. The number of nitrogens with zero attached hydrogens (tertiary/aromatic N) is 1. The summed E-state index contributed by atoms with van der Waals surface area (Å²) in [4.78, 5) is 16.2. The quantitative estimate of drug-likeness (QED) is 0.739. The van der Waals surface area contributed by atoms with Crippen LogP contribution in [0, 0.1) is 17.7 Å². The third-order valence-electron chi connectivity index (χ3n) is 3.03. The average Bonchev–Trinajstić information content (AvgIpc) is 3.00. The van der Waals surface area contributed by atoms with Gasteiger partial charge in [-0.1, -0.05) is 24.0 Å². The first-order valence-electron chi connectivity index (χ1n) is 6.59. The van der Waals surface area contributed by atoms with Gasteiger partial charge in [0.2, 0.25) is 0 Å². The van der Waals surface area contributed by atoms with E-state index in [0.29, 0.717) is 11.1 Å². The molecule has 0 spiro atoms. The van der Waals surface area contributed by atoms with Crippen LogP contribution in [0.25, 0.3) is 10.2 Å². The molecule has 1 amide bonds. The molecule has 0 saturated heterocycles. The van der Waals surface area contributed by atoms with Crippen LogP contribution in [0.4, 0.5) is 4.39 Å². The van der Waals surface area contributed by atoms with Crippen LogP contribution >= 0.6 is 11.3 Å². The van der Waals surface area contributed by atoms with Crippen molar-refractivity contribution >= 4 is 27.5 Å². The highest BCUT2D eigenvalue weighted by molar-refractivity contribution is 7.16. The molecular weight excluding hydrogens is 299 g/mol. The highest BCUT2D eigenvalue weighted by Crippen LogP contribution is 2.18. The number of hydrogen-bond acceptors (Lipinski definition) is 3. The maximum absolute atomic E-state index is 13.4. The Morgan fingerprint density at radius 2 is 2.14 bits per heavy atom. The van der Waals surface area contributed by atoms with Crippen LogP contribution < -0.4 is 5.32 Å². The smallest absolute Gasteiger partial charge is 0.252 e. The van der Waals surface area contributed by atoms with Gasteiger partial charge in [0, 0.05) is 5.56 Å². The lowest BCUT2D eigenvalue weighted by Crippen LogP contribution is -2.23. The molecule has 3 aromatic rings. The first kappa shape index (κ1) is 14.2. The van der Waals surface area contributed by atoms with Crippen LogP contribution in [-0.4, -0.2) is 17.4 Å². The maximum atomic E-state index is 13.4. The topological polar surface area (TPSA) is 42.0 Å². The number of aromatic nitrogens is 1. The van der Waals surface area contributed by atoms with Crippen molar-refractivity contribution < 1.29 is 9.18 Å². The second-order valence-corrected chi connectivity index (χ2v) is 5.39. The van der Waals surface area contributed by atoms with Gasteiger partial charge in [0.15, 0.2) is 0 Å². The fraction of sp³-hybridized carbons (Fsp3) is 0.0588. The van der Waals surface area contributed by atoms with Gasteiger partial charge in [0.05, 0.1) is 27.8 Å². The zero-order chi connectivity index (χ0) is 15.4. The molecule has 1 aromatic heterocycles. The lowest BCUT2D eigenvalue weighted by Gasteiger charge is -2.01. The van der Waals surface area contributed by atoms with Crippen molar-refractivity contribution in [3.05, 3.63) is 64.9 Å². The minimum Gasteiger partial charge on any atom is -0.341 e. The maximum Gasteiger partial charge on any atom is 0.252 e. The average molecular weight is 310 g/mol. The minimum atomic E-state index is -0.364. The van der Waals surface area contributed by atoms with Crippen molar-refractivity contribution in [3.8, 4) is 11.8 Å². The van der Waals surface area contributed by atoms with Crippen molar-refractivity contribution in [2.45, 2.75) is 0 Å². The van der Waals surface area contributed by atoms with E-state index in [2.05, 4.69) is 22.1 Å². The molecular formula is C17H11FN2OS. The van der Waals surface area contributed by atoms with Gasteiger partial charge in [0.25, 0.3) is 5.91 Å². The molecule has 108 valence electrons. The summed E-state index contributed by atoms with van der Waals surface area (Å²) in [6.45, 7) is 0.161. The fourth-order valence-corrected chi connectivity index (χ4v) is 2.64. The van der Waals surface area contributed by atoms with E-state index in [-0.39, 0.29) is 18.3 Å². The van der Waals surface area contributed by atoms with Gasteiger partial charge in [0.1, 0.15) is 5.82 Å². The van der Waals surface area contributed by atoms with Gasteiger partial charge >= 0.3 is 0 Å². The number of carbonyl (C=O) groups excluding carboxylic acids is 1. The summed E-state index contributed by atoms with van der Waals surface area (Å²) in [6, 6.07) is 11.6. The molecule has 3 rings (SSSR count). The number of nitrogens with one attached hydrogen (secondary N) is 1. The molecule has 0 atom stereocenters. The van der Waals surface area contributed by atoms with Crippen molar-refractivity contribution in [2.24, 2.45) is 0 Å². The van der Waals surface area contributed by atoms with E-state index in [1.54, 1.807) is 35.8 Å². The van der Waals surface area contributed by atoms with Gasteiger partial charge in [-0.05, 0) is 30.3 Å². The molecule has 1 heterocycles. The van der Waals surface area contributed by atoms with Crippen molar-refractivity contribution in [3.63, 3.8) is 0 Å². The molecule has 0 aliphatic rings. The molecule has 5 heteroatoms. The number of rotatable bonds is 2. The van der Waals surface area contributed by atoms with E-state index in [9.17, 15) is 9.18 Å². The first-order valence-corrected chi connectivity index (χ1v) is 7.47. The van der Waals surface area contributed by atoms with Crippen molar-refractivity contribution in [1.82, 2.24) is 10.3 Å². The number of halogens is 1. The van der Waals surface area contributed by atoms with Crippen LogP contribution in [0.2, 0.25) is 0 Å². The van der Waals surface area contributed by atoms with E-state index in [4.69, 9.17) is 0 Å². The van der Waals surface area contributed by atoms with Crippen LogP contribution in [0.5, 0.6) is 0 Å². The summed E-state index contributed by atoms with van der Waals surface area (Å²) in [5, 5.41) is 2.69. The molecule has 0 unspecified atom stereocenters. The number of thiazole rings is 1. The lowest BCUT2D eigenvalue weighted by molar-refractivity contribution is 0.0959. The molecule has 0 bridgehead atoms. The highest BCUT2D eigenvalue weighted by Gasteiger charge is 2.06. The Labute approximate surface area is 130 Å². The first-order chi connectivity index (χ1) is 10.7. The molecule has 3 nitrogen and oxygen atoms in total. The SMILES string of the molecule is O=C(NCC#Cc1ccccc1F)c1ccc2ncsc2c1. The molecule has 22 heavy (non-hydrogen) atoms. The van der Waals surface area contributed by atoms with Crippen LogP contribution in [-0.2, 0) is 0 Å². The van der Waals surface area contributed by atoms with E-state index in [1.807, 2.05) is 6.07 Å². The minimum absolute atomic E-state index is 0.161. The lowest BCUT2D eigenvalue weighted by atomic mass is 10.2. The Hall–Kier alpha value is -2.71. The predicted molar refractivity (Wildman–Crippen MR) is 85.2 cm³/mol. The summed E-state index contributed by atoms with van der Waals surface area (Å²) in [7, 11) is 0. The summed E-state index contributed by atoms with van der Waals surface area (Å²) >= 11 is 1.49. The van der Waals surface area contributed by atoms with E-state index >= 15 is 0 Å². The summed E-state index contributed by atoms with van der Waals surface area (Å²) in [6.07, 6.45) is 0. The zero-order valence-corrected chi connectivity index (χ0v) is 12.3. The molecule has 0 aliphatic carbocycles. The molecule has 1 N–H and O–H groups in total. The molecule has 0 radical (unpaired) electrons. The van der Waals surface area contributed by atoms with Gasteiger partial charge < -0.3 is 5.32 Å². The van der Waals surface area contributed by atoms with Crippen LogP contribution in [0.3, 0.4) is 0 Å². The van der Waals surface area contributed by atoms with E-state index in [1.165, 1.54) is 17.4 Å². The van der Waals surface area contributed by atoms with Gasteiger partial charge in [-0.15, -0.1) is 11.3 Å². The number of benzene rings is 2. The van der Waals surface area contributed by atoms with Crippen molar-refractivity contribution in [2.75, 3.05) is 6.54 Å². The molecule has 2 aromatic carbocycles. The third kappa shape index (κ3) is 3.13. The fourth-order valence-electron chi connectivity index (χ4n) is 1.92. The summed E-state index contributed by atoms with van der Waals surface area (Å²) in [5.41, 5.74) is 3.50. The number of amides is 1. The standard InChI is InChI=1S/C17H11FN2OS/c18-14-6-2-1-4-12(14)5-3-9-19-17(21)13-7-8-15-16(10-13)22-11-20-15/h1-2,4,6-8,10-11H,9H2,(H,19,21). The molecule has 0 aliphatic heterocycles. The Balaban J connectivity index is 1.64. The van der Waals surface area contributed by atoms with Gasteiger partial charge in [-0.2, -0.15) is 0 Å². The van der Waals surface area contributed by atoms with Crippen LogP contribution in [0.1, 0.15) is 15.9 Å². The second kappa shape index (κ2) is 6.37. The zero-order valence-electron chi connectivity index (χ0n) is 11.5. The monoisotopic (exact) mass is 310 g/mol. The number of fused-ring (bicyclic) bond motifs is 1. The molecule has 0 fully saturated rings. The Kier molecular flexibility index (Phi) is 4.12. The Morgan fingerprint density at radius 3 is 3.00 bits per heavy atom. The second-order valence-electron chi connectivity index (χ2n) is 4.50. The molecule has 0 saturated carbocycles. The Bertz CT molecular complexity index is 892. The van der Waals surface area contributed by atoms with Crippen LogP contribution in [0.15, 0.2) is 48.0 Å². The Morgan fingerprint density at radius 1 is 1.27 bits per heavy atom. The van der Waals surface area contributed by atoms with Gasteiger partial charge in [-0.25, -0.2) is 9.37 Å². The normalized spacial score (nSPS) is 10.0. The highest BCUT2D eigenvalue weighted by atomic mass is 32.1. The summed E-state index contributed by atoms with van der Waals surface area (Å²) in [5.74, 6) is 4.87. The van der Waals surface area contributed by atoms with Gasteiger partial charge in [-0.3, -0.25) is 4.79 Å². The van der Waals surface area contributed by atoms with E-state index in [0.717, 1.165) is 10.2 Å². The predicted octanol–water partition coefficient (Wildman–Crippen LogP) is 3.22.